The van der Waals surface area contributed by atoms with Crippen molar-refractivity contribution in [1.82, 2.24) is 0 Å². The Balaban J connectivity index is 1.87. The molecule has 94 valence electrons. The maximum absolute atomic E-state index is 5.86. The van der Waals surface area contributed by atoms with Crippen molar-refractivity contribution < 1.29 is 14.2 Å². The third-order valence-corrected chi connectivity index (χ3v) is 3.49. The van der Waals surface area contributed by atoms with Crippen LogP contribution in [0.25, 0.3) is 0 Å². The van der Waals surface area contributed by atoms with E-state index in [1.54, 1.807) is 7.11 Å². The molecule has 0 unspecified atom stereocenters. The van der Waals surface area contributed by atoms with Crippen LogP contribution >= 0.6 is 15.9 Å². The summed E-state index contributed by atoms with van der Waals surface area (Å²) in [6.45, 7) is 2.28. The van der Waals surface area contributed by atoms with E-state index in [-0.39, 0.29) is 0 Å². The Morgan fingerprint density at radius 1 is 1.35 bits per heavy atom. The smallest absolute Gasteiger partial charge is 0.133 e. The summed E-state index contributed by atoms with van der Waals surface area (Å²) in [6.07, 6.45) is 2.33. The van der Waals surface area contributed by atoms with Gasteiger partial charge in [-0.25, -0.2) is 0 Å². The van der Waals surface area contributed by atoms with Crippen LogP contribution in [0.4, 0.5) is 0 Å². The van der Waals surface area contributed by atoms with Gasteiger partial charge in [0.15, 0.2) is 0 Å². The lowest BCUT2D eigenvalue weighted by atomic mass is 10.1. The van der Waals surface area contributed by atoms with Crippen molar-refractivity contribution in [2.75, 3.05) is 20.3 Å². The summed E-state index contributed by atoms with van der Waals surface area (Å²) in [6, 6.07) is 6.02. The van der Waals surface area contributed by atoms with Gasteiger partial charge in [-0.2, -0.15) is 0 Å². The van der Waals surface area contributed by atoms with Crippen molar-refractivity contribution in [2.45, 2.75) is 25.6 Å². The predicted octanol–water partition coefficient (Wildman–Crippen LogP) is 3.15. The van der Waals surface area contributed by atoms with Crippen LogP contribution < -0.4 is 4.74 Å². The van der Waals surface area contributed by atoms with Gasteiger partial charge in [-0.15, -0.1) is 0 Å². The first-order chi connectivity index (χ1) is 8.29. The van der Waals surface area contributed by atoms with E-state index in [9.17, 15) is 0 Å². The zero-order chi connectivity index (χ0) is 12.1. The second kappa shape index (κ2) is 6.38. The molecule has 0 amide bonds. The number of benzene rings is 1. The zero-order valence-electron chi connectivity index (χ0n) is 9.95. The molecule has 1 saturated heterocycles. The second-order valence-corrected chi connectivity index (χ2v) is 4.95. The van der Waals surface area contributed by atoms with Crippen LogP contribution in [0.2, 0.25) is 0 Å². The van der Waals surface area contributed by atoms with E-state index in [1.807, 2.05) is 18.2 Å². The van der Waals surface area contributed by atoms with E-state index in [2.05, 4.69) is 15.9 Å². The average Bonchev–Trinajstić information content (AvgIpc) is 2.38. The lowest BCUT2D eigenvalue weighted by molar-refractivity contribution is -0.0390. The molecule has 0 bridgehead atoms. The Morgan fingerprint density at radius 2 is 2.12 bits per heavy atom. The summed E-state index contributed by atoms with van der Waals surface area (Å²) >= 11 is 3.47. The third kappa shape index (κ3) is 3.69. The zero-order valence-corrected chi connectivity index (χ0v) is 11.5. The minimum Gasteiger partial charge on any atom is -0.496 e. The molecule has 2 rings (SSSR count). The summed E-state index contributed by atoms with van der Waals surface area (Å²) < 4.78 is 17.3. The molecule has 1 aromatic carbocycles. The van der Waals surface area contributed by atoms with Crippen LogP contribution in [0, 0.1) is 0 Å². The average molecular weight is 301 g/mol. The molecule has 0 aromatic heterocycles. The van der Waals surface area contributed by atoms with Gasteiger partial charge in [0.1, 0.15) is 5.75 Å². The molecule has 1 aliphatic rings. The fourth-order valence-corrected chi connectivity index (χ4v) is 2.44. The van der Waals surface area contributed by atoms with Crippen molar-refractivity contribution in [3.63, 3.8) is 0 Å². The number of methoxy groups -OCH3 is 1. The third-order valence-electron chi connectivity index (χ3n) is 2.87. The second-order valence-electron chi connectivity index (χ2n) is 4.09. The summed E-state index contributed by atoms with van der Waals surface area (Å²) in [5, 5.41) is 0. The minimum atomic E-state index is 0.338. The maximum Gasteiger partial charge on any atom is 0.133 e. The molecule has 0 spiro atoms. The molecular formula is C13H17BrO3. The Labute approximate surface area is 110 Å². The van der Waals surface area contributed by atoms with Crippen LogP contribution in [-0.2, 0) is 16.1 Å². The van der Waals surface area contributed by atoms with E-state index < -0.39 is 0 Å². The Bertz CT molecular complexity index is 362. The van der Waals surface area contributed by atoms with Gasteiger partial charge in [0, 0.05) is 13.2 Å². The van der Waals surface area contributed by atoms with Gasteiger partial charge in [0.2, 0.25) is 0 Å². The highest BCUT2D eigenvalue weighted by Gasteiger charge is 2.14. The molecule has 3 nitrogen and oxygen atoms in total. The SMILES string of the molecule is COc1ccc(COC2CCOCC2)cc1Br. The maximum atomic E-state index is 5.86. The summed E-state index contributed by atoms with van der Waals surface area (Å²) in [5.41, 5.74) is 1.16. The number of rotatable bonds is 4. The standard InChI is InChI=1S/C13H17BrO3/c1-15-13-3-2-10(8-12(13)14)9-17-11-4-6-16-7-5-11/h2-3,8,11H,4-7,9H2,1H3. The highest BCUT2D eigenvalue weighted by molar-refractivity contribution is 9.10. The molecule has 0 atom stereocenters. The number of ether oxygens (including phenoxy) is 3. The monoisotopic (exact) mass is 300 g/mol. The fourth-order valence-electron chi connectivity index (χ4n) is 1.86. The van der Waals surface area contributed by atoms with Crippen LogP contribution in [-0.4, -0.2) is 26.4 Å². The number of hydrogen-bond acceptors (Lipinski definition) is 3. The molecule has 1 aromatic rings. The summed E-state index contributed by atoms with van der Waals surface area (Å²) in [7, 11) is 1.66. The highest BCUT2D eigenvalue weighted by atomic mass is 79.9. The van der Waals surface area contributed by atoms with Crippen LogP contribution in [0.5, 0.6) is 5.75 Å². The van der Waals surface area contributed by atoms with Crippen molar-refractivity contribution in [2.24, 2.45) is 0 Å². The lowest BCUT2D eigenvalue weighted by Crippen LogP contribution is -2.23. The van der Waals surface area contributed by atoms with E-state index in [4.69, 9.17) is 14.2 Å². The molecule has 0 N–H and O–H groups in total. The van der Waals surface area contributed by atoms with E-state index >= 15 is 0 Å². The molecular weight excluding hydrogens is 284 g/mol. The quantitative estimate of drug-likeness (QED) is 0.855. The van der Waals surface area contributed by atoms with Gasteiger partial charge < -0.3 is 14.2 Å². The first kappa shape index (κ1) is 12.9. The predicted molar refractivity (Wildman–Crippen MR) is 69.3 cm³/mol. The van der Waals surface area contributed by atoms with Crippen molar-refractivity contribution in [1.29, 1.82) is 0 Å². The van der Waals surface area contributed by atoms with E-state index in [1.165, 1.54) is 0 Å². The topological polar surface area (TPSA) is 27.7 Å². The van der Waals surface area contributed by atoms with E-state index in [0.29, 0.717) is 12.7 Å². The van der Waals surface area contributed by atoms with Crippen molar-refractivity contribution in [3.05, 3.63) is 28.2 Å². The Morgan fingerprint density at radius 3 is 2.76 bits per heavy atom. The van der Waals surface area contributed by atoms with Gasteiger partial charge >= 0.3 is 0 Å². The summed E-state index contributed by atoms with van der Waals surface area (Å²) in [4.78, 5) is 0. The van der Waals surface area contributed by atoms with Gasteiger partial charge in [-0.05, 0) is 46.5 Å². The normalized spacial score (nSPS) is 17.1. The molecule has 4 heteroatoms. The molecule has 0 aliphatic carbocycles. The molecule has 0 saturated carbocycles. The van der Waals surface area contributed by atoms with Gasteiger partial charge in [-0.3, -0.25) is 0 Å². The van der Waals surface area contributed by atoms with Crippen molar-refractivity contribution >= 4 is 15.9 Å². The largest absolute Gasteiger partial charge is 0.496 e. The fraction of sp³-hybridized carbons (Fsp3) is 0.538. The summed E-state index contributed by atoms with van der Waals surface area (Å²) in [5.74, 6) is 0.847. The molecule has 1 heterocycles. The minimum absolute atomic E-state index is 0.338. The Kier molecular flexibility index (Phi) is 4.83. The lowest BCUT2D eigenvalue weighted by Gasteiger charge is -2.22. The molecule has 1 aliphatic heterocycles. The van der Waals surface area contributed by atoms with Gasteiger partial charge in [0.05, 0.1) is 24.3 Å². The van der Waals surface area contributed by atoms with Crippen LogP contribution in [0.1, 0.15) is 18.4 Å². The van der Waals surface area contributed by atoms with Crippen LogP contribution in [0.15, 0.2) is 22.7 Å². The van der Waals surface area contributed by atoms with Crippen molar-refractivity contribution in [3.8, 4) is 5.75 Å². The van der Waals surface area contributed by atoms with Gasteiger partial charge in [-0.1, -0.05) is 6.07 Å². The number of hydrogen-bond donors (Lipinski definition) is 0. The first-order valence-corrected chi connectivity index (χ1v) is 6.60. The first-order valence-electron chi connectivity index (χ1n) is 5.81. The highest BCUT2D eigenvalue weighted by Crippen LogP contribution is 2.26. The molecule has 17 heavy (non-hydrogen) atoms. The molecule has 0 radical (unpaired) electrons. The number of halogens is 1. The molecule has 1 fully saturated rings. The Hall–Kier alpha value is -0.580. The van der Waals surface area contributed by atoms with E-state index in [0.717, 1.165) is 41.8 Å². The van der Waals surface area contributed by atoms with Gasteiger partial charge in [0.25, 0.3) is 0 Å². The van der Waals surface area contributed by atoms with Crippen LogP contribution in [0.3, 0.4) is 0 Å².